The molecule has 0 saturated heterocycles. The number of thiophene rings is 1. The Morgan fingerprint density at radius 3 is 2.96 bits per heavy atom. The van der Waals surface area contributed by atoms with E-state index in [1.54, 1.807) is 17.7 Å². The topological polar surface area (TPSA) is 54.9 Å². The van der Waals surface area contributed by atoms with Gasteiger partial charge in [0.2, 0.25) is 5.91 Å². The average molecular weight is 364 g/mol. The maximum absolute atomic E-state index is 12.6. The zero-order valence-electron chi connectivity index (χ0n) is 14.5. The second-order valence-electron chi connectivity index (χ2n) is 6.60. The Hall–Kier alpha value is -1.14. The molecule has 1 aliphatic rings. The monoisotopic (exact) mass is 363 g/mol. The first-order valence-electron chi connectivity index (χ1n) is 8.79. The molecule has 0 spiro atoms. The maximum Gasteiger partial charge on any atom is 0.233 e. The first-order chi connectivity index (χ1) is 11.6. The Kier molecular flexibility index (Phi) is 5.76. The molecule has 130 valence electrons. The van der Waals surface area contributed by atoms with Gasteiger partial charge in [0.25, 0.3) is 0 Å². The van der Waals surface area contributed by atoms with E-state index in [0.717, 1.165) is 28.1 Å². The van der Waals surface area contributed by atoms with Gasteiger partial charge in [0.1, 0.15) is 16.2 Å². The molecular weight excluding hydrogens is 338 g/mol. The largest absolute Gasteiger partial charge is 0.352 e. The molecule has 0 bridgehead atoms. The van der Waals surface area contributed by atoms with E-state index in [-0.39, 0.29) is 11.2 Å². The van der Waals surface area contributed by atoms with E-state index >= 15 is 0 Å². The van der Waals surface area contributed by atoms with E-state index in [1.807, 2.05) is 6.92 Å². The van der Waals surface area contributed by atoms with E-state index in [1.165, 1.54) is 35.9 Å². The number of nitrogens with one attached hydrogen (secondary N) is 1. The van der Waals surface area contributed by atoms with Crippen LogP contribution >= 0.6 is 23.1 Å². The van der Waals surface area contributed by atoms with Crippen LogP contribution in [-0.4, -0.2) is 27.2 Å². The van der Waals surface area contributed by atoms with Gasteiger partial charge in [-0.3, -0.25) is 4.79 Å². The van der Waals surface area contributed by atoms with Crippen LogP contribution < -0.4 is 5.32 Å². The van der Waals surface area contributed by atoms with Crippen molar-refractivity contribution in [2.75, 3.05) is 0 Å². The summed E-state index contributed by atoms with van der Waals surface area (Å²) in [5.74, 6) is 0.700. The third kappa shape index (κ3) is 3.91. The number of fused-ring (bicyclic) bond motifs is 1. The second-order valence-corrected chi connectivity index (χ2v) is 9.05. The van der Waals surface area contributed by atoms with Gasteiger partial charge in [-0.25, -0.2) is 9.97 Å². The Labute approximate surface area is 151 Å². The lowest BCUT2D eigenvalue weighted by Gasteiger charge is -2.30. The van der Waals surface area contributed by atoms with Crippen LogP contribution in [0.4, 0.5) is 0 Å². The standard InChI is InChI=1S/C18H25N3OS2/c1-4-13-9-14-17(19-10-20-18(14)24-13)23-12(3)16(22)21-15-8-6-5-7-11(15)2/h9-12,15H,4-8H2,1-3H3,(H,21,22). The number of aryl methyl sites for hydroxylation is 1. The van der Waals surface area contributed by atoms with Crippen molar-refractivity contribution in [2.45, 2.75) is 69.2 Å². The van der Waals surface area contributed by atoms with Gasteiger partial charge < -0.3 is 5.32 Å². The van der Waals surface area contributed by atoms with Crippen molar-refractivity contribution in [1.82, 2.24) is 15.3 Å². The zero-order chi connectivity index (χ0) is 17.1. The number of nitrogens with zero attached hydrogens (tertiary/aromatic N) is 2. The molecule has 4 nitrogen and oxygen atoms in total. The summed E-state index contributed by atoms with van der Waals surface area (Å²) in [6, 6.07) is 2.49. The molecule has 6 heteroatoms. The number of thioether (sulfide) groups is 1. The molecule has 3 atom stereocenters. The molecule has 2 aromatic heterocycles. The van der Waals surface area contributed by atoms with Crippen molar-refractivity contribution in [3.63, 3.8) is 0 Å². The van der Waals surface area contributed by atoms with Crippen molar-refractivity contribution >= 4 is 39.2 Å². The molecule has 2 aromatic rings. The molecule has 1 amide bonds. The summed E-state index contributed by atoms with van der Waals surface area (Å²) in [6.07, 6.45) is 7.43. The molecule has 2 heterocycles. The number of rotatable bonds is 5. The maximum atomic E-state index is 12.6. The number of hydrogen-bond donors (Lipinski definition) is 1. The Morgan fingerprint density at radius 1 is 1.42 bits per heavy atom. The summed E-state index contributed by atoms with van der Waals surface area (Å²) >= 11 is 3.25. The third-order valence-corrected chi connectivity index (χ3v) is 7.09. The summed E-state index contributed by atoms with van der Waals surface area (Å²) in [4.78, 5) is 23.7. The first kappa shape index (κ1) is 17.7. The molecular formula is C18H25N3OS2. The van der Waals surface area contributed by atoms with Crippen molar-refractivity contribution in [3.8, 4) is 0 Å². The van der Waals surface area contributed by atoms with Gasteiger partial charge in [-0.1, -0.05) is 38.5 Å². The minimum Gasteiger partial charge on any atom is -0.352 e. The van der Waals surface area contributed by atoms with E-state index < -0.39 is 0 Å². The number of aromatic nitrogens is 2. The Bertz CT molecular complexity index is 715. The molecule has 1 saturated carbocycles. The van der Waals surface area contributed by atoms with Crippen LogP contribution in [0.3, 0.4) is 0 Å². The smallest absolute Gasteiger partial charge is 0.233 e. The average Bonchev–Trinajstić information content (AvgIpc) is 3.01. The lowest BCUT2D eigenvalue weighted by molar-refractivity contribution is -0.121. The number of amides is 1. The molecule has 0 aromatic carbocycles. The van der Waals surface area contributed by atoms with Crippen LogP contribution in [0.25, 0.3) is 10.2 Å². The number of carbonyl (C=O) groups excluding carboxylic acids is 1. The molecule has 3 rings (SSSR count). The normalized spacial score (nSPS) is 22.5. The summed E-state index contributed by atoms with van der Waals surface area (Å²) in [5.41, 5.74) is 0. The lowest BCUT2D eigenvalue weighted by atomic mass is 9.86. The summed E-state index contributed by atoms with van der Waals surface area (Å²) in [6.45, 7) is 6.36. The zero-order valence-corrected chi connectivity index (χ0v) is 16.2. The highest BCUT2D eigenvalue weighted by Gasteiger charge is 2.25. The Morgan fingerprint density at radius 2 is 2.21 bits per heavy atom. The predicted molar refractivity (Wildman–Crippen MR) is 102 cm³/mol. The predicted octanol–water partition coefficient (Wildman–Crippen LogP) is 4.43. The van der Waals surface area contributed by atoms with Gasteiger partial charge >= 0.3 is 0 Å². The van der Waals surface area contributed by atoms with Crippen LogP contribution in [0.1, 0.15) is 51.3 Å². The first-order valence-corrected chi connectivity index (χ1v) is 10.5. The van der Waals surface area contributed by atoms with Gasteiger partial charge in [0.15, 0.2) is 0 Å². The molecule has 24 heavy (non-hydrogen) atoms. The molecule has 0 radical (unpaired) electrons. The van der Waals surface area contributed by atoms with Gasteiger partial charge in [-0.15, -0.1) is 11.3 Å². The van der Waals surface area contributed by atoms with Gasteiger partial charge in [0, 0.05) is 16.3 Å². The molecule has 3 unspecified atom stereocenters. The van der Waals surface area contributed by atoms with Crippen molar-refractivity contribution < 1.29 is 4.79 Å². The fraction of sp³-hybridized carbons (Fsp3) is 0.611. The van der Waals surface area contributed by atoms with Gasteiger partial charge in [-0.2, -0.15) is 0 Å². The Balaban J connectivity index is 1.68. The van der Waals surface area contributed by atoms with Crippen LogP contribution in [0.5, 0.6) is 0 Å². The number of carbonyl (C=O) groups is 1. The van der Waals surface area contributed by atoms with Gasteiger partial charge in [0.05, 0.1) is 5.25 Å². The van der Waals surface area contributed by atoms with Crippen LogP contribution in [0.2, 0.25) is 0 Å². The van der Waals surface area contributed by atoms with Crippen LogP contribution in [0.15, 0.2) is 17.4 Å². The molecule has 1 fully saturated rings. The van der Waals surface area contributed by atoms with E-state index in [4.69, 9.17) is 0 Å². The highest BCUT2D eigenvalue weighted by Crippen LogP contribution is 2.33. The van der Waals surface area contributed by atoms with Crippen LogP contribution in [-0.2, 0) is 11.2 Å². The fourth-order valence-corrected chi connectivity index (χ4v) is 5.10. The molecule has 1 N–H and O–H groups in total. The quantitative estimate of drug-likeness (QED) is 0.631. The lowest BCUT2D eigenvalue weighted by Crippen LogP contribution is -2.44. The summed E-state index contributed by atoms with van der Waals surface area (Å²) in [7, 11) is 0. The minimum absolute atomic E-state index is 0.122. The highest BCUT2D eigenvalue weighted by atomic mass is 32.2. The van der Waals surface area contributed by atoms with E-state index in [2.05, 4.69) is 35.2 Å². The third-order valence-electron chi connectivity index (χ3n) is 4.79. The van der Waals surface area contributed by atoms with Crippen LogP contribution in [0, 0.1) is 5.92 Å². The number of hydrogen-bond acceptors (Lipinski definition) is 5. The van der Waals surface area contributed by atoms with E-state index in [9.17, 15) is 4.79 Å². The van der Waals surface area contributed by atoms with E-state index in [0.29, 0.717) is 12.0 Å². The highest BCUT2D eigenvalue weighted by molar-refractivity contribution is 8.00. The molecule has 1 aliphatic carbocycles. The molecule has 0 aliphatic heterocycles. The van der Waals surface area contributed by atoms with Crippen molar-refractivity contribution in [3.05, 3.63) is 17.3 Å². The SMILES string of the molecule is CCc1cc2c(SC(C)C(=O)NC3CCCCC3C)ncnc2s1. The minimum atomic E-state index is -0.151. The van der Waals surface area contributed by atoms with Gasteiger partial charge in [-0.05, 0) is 38.2 Å². The fourth-order valence-electron chi connectivity index (χ4n) is 3.20. The summed E-state index contributed by atoms with van der Waals surface area (Å²) in [5, 5.41) is 5.09. The second kappa shape index (κ2) is 7.83. The van der Waals surface area contributed by atoms with Crippen molar-refractivity contribution in [2.24, 2.45) is 5.92 Å². The summed E-state index contributed by atoms with van der Waals surface area (Å²) < 4.78 is 0. The van der Waals surface area contributed by atoms with Crippen molar-refractivity contribution in [1.29, 1.82) is 0 Å².